The molecule has 0 unspecified atom stereocenters. The smallest absolute Gasteiger partial charge is 0.330 e. The number of urea groups is 1. The fourth-order valence-electron chi connectivity index (χ4n) is 2.17. The van der Waals surface area contributed by atoms with E-state index in [2.05, 4.69) is 10.6 Å². The Hall–Kier alpha value is -2.02. The number of thiophene rings is 1. The van der Waals surface area contributed by atoms with Gasteiger partial charge in [0.15, 0.2) is 0 Å². The van der Waals surface area contributed by atoms with E-state index < -0.39 is 17.8 Å². The molecule has 0 saturated heterocycles. The van der Waals surface area contributed by atoms with Gasteiger partial charge in [-0.15, -0.1) is 11.3 Å². The topological polar surface area (TPSA) is 41.1 Å². The molecule has 1 aromatic carbocycles. The Kier molecular flexibility index (Phi) is 5.30. The average Bonchev–Trinajstić information content (AvgIpc) is 2.97. The minimum absolute atomic E-state index is 0.109. The summed E-state index contributed by atoms with van der Waals surface area (Å²) in [4.78, 5) is 13.1. The number of rotatable bonds is 4. The standard InChI is InChI=1S/C16H17F3N2OS/c1-10(2)14(13-8-5-9-23-13)21-15(22)20-12-7-4-3-6-11(12)16(17,18)19/h3-10,14H,1-2H3,(H2,20,21,22)/t14-/m0/s1. The molecule has 2 rings (SSSR count). The number of para-hydroxylation sites is 1. The van der Waals surface area contributed by atoms with Gasteiger partial charge in [0.2, 0.25) is 0 Å². The summed E-state index contributed by atoms with van der Waals surface area (Å²) in [7, 11) is 0. The minimum atomic E-state index is -4.52. The molecule has 2 N–H and O–H groups in total. The molecule has 124 valence electrons. The number of benzene rings is 1. The molecule has 0 saturated carbocycles. The maximum Gasteiger partial charge on any atom is 0.418 e. The normalized spacial score (nSPS) is 13.0. The summed E-state index contributed by atoms with van der Waals surface area (Å²) in [6, 6.07) is 7.75. The van der Waals surface area contributed by atoms with Gasteiger partial charge in [-0.2, -0.15) is 13.2 Å². The van der Waals surface area contributed by atoms with Gasteiger partial charge in [-0.05, 0) is 29.5 Å². The minimum Gasteiger partial charge on any atom is -0.330 e. The van der Waals surface area contributed by atoms with Gasteiger partial charge < -0.3 is 10.6 Å². The van der Waals surface area contributed by atoms with Crippen molar-refractivity contribution < 1.29 is 18.0 Å². The van der Waals surface area contributed by atoms with Crippen LogP contribution >= 0.6 is 11.3 Å². The molecule has 1 atom stereocenters. The zero-order valence-corrected chi connectivity index (χ0v) is 13.5. The highest BCUT2D eigenvalue weighted by Gasteiger charge is 2.33. The number of carbonyl (C=O) groups excluding carboxylic acids is 1. The molecule has 2 aromatic rings. The first-order valence-electron chi connectivity index (χ1n) is 7.06. The molecule has 3 nitrogen and oxygen atoms in total. The lowest BCUT2D eigenvalue weighted by atomic mass is 10.0. The Morgan fingerprint density at radius 1 is 1.13 bits per heavy atom. The van der Waals surface area contributed by atoms with Crippen LogP contribution in [0.5, 0.6) is 0 Å². The molecule has 0 aliphatic rings. The monoisotopic (exact) mass is 342 g/mol. The lowest BCUT2D eigenvalue weighted by Gasteiger charge is -2.22. The van der Waals surface area contributed by atoms with E-state index in [-0.39, 0.29) is 17.6 Å². The van der Waals surface area contributed by atoms with E-state index in [0.29, 0.717) is 0 Å². The molecule has 2 amide bonds. The van der Waals surface area contributed by atoms with Crippen molar-refractivity contribution in [3.05, 3.63) is 52.2 Å². The van der Waals surface area contributed by atoms with Crippen molar-refractivity contribution in [2.45, 2.75) is 26.1 Å². The van der Waals surface area contributed by atoms with Gasteiger partial charge >= 0.3 is 12.2 Å². The van der Waals surface area contributed by atoms with Gasteiger partial charge in [0.25, 0.3) is 0 Å². The molecular formula is C16H17F3N2OS. The predicted octanol–water partition coefficient (Wildman–Crippen LogP) is 5.29. The molecule has 1 heterocycles. The summed E-state index contributed by atoms with van der Waals surface area (Å²) >= 11 is 1.49. The quantitative estimate of drug-likeness (QED) is 0.779. The average molecular weight is 342 g/mol. The number of carbonyl (C=O) groups is 1. The third-order valence-corrected chi connectivity index (χ3v) is 4.24. The summed E-state index contributed by atoms with van der Waals surface area (Å²) in [5.74, 6) is 0.109. The summed E-state index contributed by atoms with van der Waals surface area (Å²) in [6.45, 7) is 3.88. The molecule has 0 bridgehead atoms. The van der Waals surface area contributed by atoms with Crippen molar-refractivity contribution in [3.63, 3.8) is 0 Å². The Labute approximate surface area is 136 Å². The van der Waals surface area contributed by atoms with Crippen LogP contribution in [0.3, 0.4) is 0 Å². The van der Waals surface area contributed by atoms with Gasteiger partial charge in [-0.1, -0.05) is 32.0 Å². The zero-order valence-electron chi connectivity index (χ0n) is 12.6. The fourth-order valence-corrected chi connectivity index (χ4v) is 3.12. The van der Waals surface area contributed by atoms with Crippen molar-refractivity contribution in [1.82, 2.24) is 5.32 Å². The highest BCUT2D eigenvalue weighted by atomic mass is 32.1. The first-order chi connectivity index (χ1) is 10.8. The van der Waals surface area contributed by atoms with Gasteiger partial charge in [0.1, 0.15) is 0 Å². The molecule has 1 aromatic heterocycles. The molecule has 0 radical (unpaired) electrons. The fraction of sp³-hybridized carbons (Fsp3) is 0.312. The van der Waals surface area contributed by atoms with Crippen molar-refractivity contribution in [2.24, 2.45) is 5.92 Å². The van der Waals surface area contributed by atoms with Crippen LogP contribution in [0.1, 0.15) is 30.3 Å². The number of hydrogen-bond acceptors (Lipinski definition) is 2. The van der Waals surface area contributed by atoms with E-state index >= 15 is 0 Å². The third-order valence-electron chi connectivity index (χ3n) is 3.28. The molecule has 23 heavy (non-hydrogen) atoms. The first-order valence-corrected chi connectivity index (χ1v) is 7.94. The molecule has 0 aliphatic heterocycles. The van der Waals surface area contributed by atoms with Crippen molar-refractivity contribution in [3.8, 4) is 0 Å². The zero-order chi connectivity index (χ0) is 17.0. The highest BCUT2D eigenvalue weighted by Crippen LogP contribution is 2.34. The lowest BCUT2D eigenvalue weighted by Crippen LogP contribution is -2.35. The molecular weight excluding hydrogens is 325 g/mol. The van der Waals surface area contributed by atoms with Crippen molar-refractivity contribution in [2.75, 3.05) is 5.32 Å². The second kappa shape index (κ2) is 7.04. The van der Waals surface area contributed by atoms with E-state index in [1.807, 2.05) is 31.4 Å². The number of anilines is 1. The molecule has 0 fully saturated rings. The van der Waals surface area contributed by atoms with Gasteiger partial charge in [-0.25, -0.2) is 4.79 Å². The number of nitrogens with one attached hydrogen (secondary N) is 2. The van der Waals surface area contributed by atoms with Crippen LogP contribution in [0.15, 0.2) is 41.8 Å². The van der Waals surface area contributed by atoms with Crippen LogP contribution in [0.2, 0.25) is 0 Å². The summed E-state index contributed by atoms with van der Waals surface area (Å²) in [5, 5.41) is 6.93. The van der Waals surface area contributed by atoms with E-state index in [4.69, 9.17) is 0 Å². The van der Waals surface area contributed by atoms with E-state index in [1.54, 1.807) is 0 Å². The van der Waals surface area contributed by atoms with Crippen LogP contribution in [0.4, 0.5) is 23.7 Å². The van der Waals surface area contributed by atoms with E-state index in [1.165, 1.54) is 29.5 Å². The van der Waals surface area contributed by atoms with Crippen LogP contribution < -0.4 is 10.6 Å². The second-order valence-corrected chi connectivity index (χ2v) is 6.36. The largest absolute Gasteiger partial charge is 0.418 e. The van der Waals surface area contributed by atoms with Crippen molar-refractivity contribution in [1.29, 1.82) is 0 Å². The predicted molar refractivity (Wildman–Crippen MR) is 85.5 cm³/mol. The third kappa shape index (κ3) is 4.48. The SMILES string of the molecule is CC(C)[C@H](NC(=O)Nc1ccccc1C(F)(F)F)c1cccs1. The summed E-state index contributed by atoms with van der Waals surface area (Å²) < 4.78 is 38.8. The van der Waals surface area contributed by atoms with E-state index in [9.17, 15) is 18.0 Å². The van der Waals surface area contributed by atoms with Crippen LogP contribution in [0.25, 0.3) is 0 Å². The maximum absolute atomic E-state index is 12.9. The molecule has 7 heteroatoms. The van der Waals surface area contributed by atoms with Crippen LogP contribution in [-0.4, -0.2) is 6.03 Å². The summed E-state index contributed by atoms with van der Waals surface area (Å²) in [6.07, 6.45) is -4.52. The van der Waals surface area contributed by atoms with Gasteiger partial charge in [0, 0.05) is 4.88 Å². The number of alkyl halides is 3. The Morgan fingerprint density at radius 2 is 1.83 bits per heavy atom. The van der Waals surface area contributed by atoms with Gasteiger partial charge in [-0.3, -0.25) is 0 Å². The Balaban J connectivity index is 2.14. The maximum atomic E-state index is 12.9. The van der Waals surface area contributed by atoms with Gasteiger partial charge in [0.05, 0.1) is 17.3 Å². The van der Waals surface area contributed by atoms with E-state index in [0.717, 1.165) is 10.9 Å². The summed E-state index contributed by atoms with van der Waals surface area (Å²) in [5.41, 5.74) is -1.13. The number of amides is 2. The van der Waals surface area contributed by atoms with Crippen LogP contribution in [-0.2, 0) is 6.18 Å². The first kappa shape index (κ1) is 17.3. The number of halogens is 3. The van der Waals surface area contributed by atoms with Crippen LogP contribution in [0, 0.1) is 5.92 Å². The highest BCUT2D eigenvalue weighted by molar-refractivity contribution is 7.10. The Bertz CT molecular complexity index is 654. The lowest BCUT2D eigenvalue weighted by molar-refractivity contribution is -0.136. The Morgan fingerprint density at radius 3 is 2.39 bits per heavy atom. The molecule has 0 aliphatic carbocycles. The van der Waals surface area contributed by atoms with Crippen molar-refractivity contribution >= 4 is 23.1 Å². The number of hydrogen-bond donors (Lipinski definition) is 2. The second-order valence-electron chi connectivity index (χ2n) is 5.38. The molecule has 0 spiro atoms.